The minimum Gasteiger partial charge on any atom is -0.258 e. The third-order valence-electron chi connectivity index (χ3n) is 2.46. The van der Waals surface area contributed by atoms with Crippen molar-refractivity contribution in [1.82, 2.24) is 0 Å². The van der Waals surface area contributed by atoms with Gasteiger partial charge in [-0.2, -0.15) is 4.57 Å². The summed E-state index contributed by atoms with van der Waals surface area (Å²) in [5.41, 5.74) is 0.770. The highest BCUT2D eigenvalue weighted by molar-refractivity contribution is 6.35. The molecule has 0 fully saturated rings. The van der Waals surface area contributed by atoms with E-state index >= 15 is 0 Å². The van der Waals surface area contributed by atoms with Crippen LogP contribution in [0.4, 0.5) is 5.69 Å². The summed E-state index contributed by atoms with van der Waals surface area (Å²) < 4.78 is 1.67. The van der Waals surface area contributed by atoms with E-state index < -0.39 is 4.92 Å². The Hall–Kier alpha value is -1.65. The van der Waals surface area contributed by atoms with E-state index in [9.17, 15) is 10.1 Å². The summed E-state index contributed by atoms with van der Waals surface area (Å²) in [7, 11) is 0. The quantitative estimate of drug-likeness (QED) is 0.493. The molecule has 0 aliphatic heterocycles. The largest absolute Gasteiger partial charge is 0.332 e. The lowest BCUT2D eigenvalue weighted by molar-refractivity contribution is -0.690. The number of benzene rings is 1. The molecule has 1 heterocycles. The molecule has 0 saturated carbocycles. The molecule has 6 heteroatoms. The fraction of sp³-hybridized carbons (Fsp3) is 0.0833. The van der Waals surface area contributed by atoms with Crippen LogP contribution in [0.2, 0.25) is 10.0 Å². The predicted molar refractivity (Wildman–Crippen MR) is 68.9 cm³/mol. The van der Waals surface area contributed by atoms with Crippen molar-refractivity contribution in [1.29, 1.82) is 0 Å². The first-order valence-corrected chi connectivity index (χ1v) is 5.90. The maximum atomic E-state index is 10.7. The van der Waals surface area contributed by atoms with Crippen LogP contribution in [0.25, 0.3) is 0 Å². The van der Waals surface area contributed by atoms with Gasteiger partial charge in [0, 0.05) is 12.1 Å². The van der Waals surface area contributed by atoms with Crippen molar-refractivity contribution in [2.45, 2.75) is 6.54 Å². The summed E-state index contributed by atoms with van der Waals surface area (Å²) in [6.45, 7) is 0.389. The number of pyridine rings is 1. The van der Waals surface area contributed by atoms with Crippen LogP contribution in [0.1, 0.15) is 5.56 Å². The van der Waals surface area contributed by atoms with Gasteiger partial charge in [0.15, 0.2) is 12.7 Å². The Morgan fingerprint density at radius 2 is 1.83 bits per heavy atom. The molecule has 0 amide bonds. The lowest BCUT2D eigenvalue weighted by Crippen LogP contribution is -2.33. The van der Waals surface area contributed by atoms with Gasteiger partial charge in [-0.3, -0.25) is 10.1 Å². The molecule has 1 aromatic heterocycles. The molecule has 0 aliphatic carbocycles. The Kier molecular flexibility index (Phi) is 3.79. The van der Waals surface area contributed by atoms with Gasteiger partial charge >= 0.3 is 5.69 Å². The summed E-state index contributed by atoms with van der Waals surface area (Å²) >= 11 is 12.1. The van der Waals surface area contributed by atoms with Crippen molar-refractivity contribution >= 4 is 28.9 Å². The average Bonchev–Trinajstić information content (AvgIpc) is 2.34. The van der Waals surface area contributed by atoms with Crippen LogP contribution in [-0.2, 0) is 6.54 Å². The molecule has 0 unspecified atom stereocenters. The van der Waals surface area contributed by atoms with E-state index in [1.807, 2.05) is 0 Å². The average molecular weight is 284 g/mol. The zero-order chi connectivity index (χ0) is 13.1. The number of nitro groups is 1. The van der Waals surface area contributed by atoms with E-state index in [4.69, 9.17) is 23.2 Å². The maximum Gasteiger partial charge on any atom is 0.332 e. The van der Waals surface area contributed by atoms with Crippen LogP contribution in [0, 0.1) is 10.1 Å². The number of aromatic nitrogens is 1. The fourth-order valence-corrected chi connectivity index (χ4v) is 2.10. The smallest absolute Gasteiger partial charge is 0.258 e. The Morgan fingerprint density at radius 3 is 2.44 bits per heavy atom. The number of halogens is 2. The van der Waals surface area contributed by atoms with Crippen LogP contribution in [0.3, 0.4) is 0 Å². The van der Waals surface area contributed by atoms with Gasteiger partial charge in [-0.25, -0.2) is 0 Å². The first kappa shape index (κ1) is 12.8. The zero-order valence-corrected chi connectivity index (χ0v) is 10.7. The van der Waals surface area contributed by atoms with E-state index in [1.54, 1.807) is 35.0 Å². The topological polar surface area (TPSA) is 47.0 Å². The maximum absolute atomic E-state index is 10.7. The van der Waals surface area contributed by atoms with Crippen molar-refractivity contribution in [2.24, 2.45) is 0 Å². The van der Waals surface area contributed by atoms with E-state index in [0.29, 0.717) is 16.6 Å². The van der Waals surface area contributed by atoms with Gasteiger partial charge in [0.2, 0.25) is 6.20 Å². The van der Waals surface area contributed by atoms with Gasteiger partial charge in [0.1, 0.15) is 0 Å². The van der Waals surface area contributed by atoms with Crippen LogP contribution in [-0.4, -0.2) is 4.92 Å². The monoisotopic (exact) mass is 283 g/mol. The molecule has 0 bridgehead atoms. The predicted octanol–water partition coefficient (Wildman–Crippen LogP) is 3.24. The fourth-order valence-electron chi connectivity index (χ4n) is 1.58. The van der Waals surface area contributed by atoms with Gasteiger partial charge in [0.05, 0.1) is 20.5 Å². The molecule has 2 rings (SSSR count). The molecule has 0 saturated heterocycles. The Balaban J connectivity index is 2.34. The van der Waals surface area contributed by atoms with E-state index in [1.165, 1.54) is 12.3 Å². The molecule has 2 aromatic rings. The molecule has 1 aromatic carbocycles. The Bertz CT molecular complexity index is 582. The van der Waals surface area contributed by atoms with Crippen LogP contribution in [0.5, 0.6) is 0 Å². The zero-order valence-electron chi connectivity index (χ0n) is 9.22. The minimum atomic E-state index is -0.440. The Morgan fingerprint density at radius 1 is 1.17 bits per heavy atom. The highest BCUT2D eigenvalue weighted by Gasteiger charge is 2.15. The molecule has 0 atom stereocenters. The van der Waals surface area contributed by atoms with Crippen molar-refractivity contribution < 1.29 is 9.49 Å². The van der Waals surface area contributed by atoms with Gasteiger partial charge in [-0.1, -0.05) is 29.3 Å². The molecule has 0 spiro atoms. The van der Waals surface area contributed by atoms with Crippen molar-refractivity contribution in [3.63, 3.8) is 0 Å². The third-order valence-corrected chi connectivity index (χ3v) is 3.16. The summed E-state index contributed by atoms with van der Waals surface area (Å²) in [5, 5.41) is 11.8. The molecule has 18 heavy (non-hydrogen) atoms. The van der Waals surface area contributed by atoms with E-state index in [-0.39, 0.29) is 5.69 Å². The summed E-state index contributed by atoms with van der Waals surface area (Å²) in [6, 6.07) is 8.28. The first-order valence-electron chi connectivity index (χ1n) is 5.14. The lowest BCUT2D eigenvalue weighted by Gasteiger charge is -2.03. The van der Waals surface area contributed by atoms with Crippen LogP contribution in [0.15, 0.2) is 42.7 Å². The minimum absolute atomic E-state index is 0.0284. The van der Waals surface area contributed by atoms with E-state index in [0.717, 1.165) is 5.56 Å². The standard InChI is InChI=1S/C12H9Cl2N2O2/c13-11-4-1-5-12(14)10(11)8-15-6-2-3-9(7-15)16(17)18/h1-7H,8H2/q+1. The lowest BCUT2D eigenvalue weighted by atomic mass is 10.2. The molecule has 0 radical (unpaired) electrons. The number of hydrogen-bond donors (Lipinski definition) is 0. The molecule has 0 aliphatic rings. The normalized spacial score (nSPS) is 10.3. The number of hydrogen-bond acceptors (Lipinski definition) is 2. The summed E-state index contributed by atoms with van der Waals surface area (Å²) in [4.78, 5) is 10.2. The van der Waals surface area contributed by atoms with Gasteiger partial charge in [0.25, 0.3) is 0 Å². The molecule has 0 N–H and O–H groups in total. The highest BCUT2D eigenvalue weighted by Crippen LogP contribution is 2.23. The Labute approximate surface area is 114 Å². The second kappa shape index (κ2) is 5.33. The van der Waals surface area contributed by atoms with Crippen LogP contribution >= 0.6 is 23.2 Å². The summed E-state index contributed by atoms with van der Waals surface area (Å²) in [5.74, 6) is 0. The van der Waals surface area contributed by atoms with Crippen molar-refractivity contribution in [2.75, 3.05) is 0 Å². The highest BCUT2D eigenvalue weighted by atomic mass is 35.5. The SMILES string of the molecule is O=[N+]([O-])c1ccc[n+](Cc2c(Cl)cccc2Cl)c1. The first-order chi connectivity index (χ1) is 8.58. The van der Waals surface area contributed by atoms with Gasteiger partial charge < -0.3 is 0 Å². The molecule has 4 nitrogen and oxygen atoms in total. The second-order valence-electron chi connectivity index (χ2n) is 3.69. The molecule has 92 valence electrons. The van der Waals surface area contributed by atoms with Gasteiger partial charge in [-0.15, -0.1) is 0 Å². The van der Waals surface area contributed by atoms with Crippen molar-refractivity contribution in [3.8, 4) is 0 Å². The summed E-state index contributed by atoms with van der Waals surface area (Å²) in [6.07, 6.45) is 3.17. The van der Waals surface area contributed by atoms with E-state index in [2.05, 4.69) is 0 Å². The van der Waals surface area contributed by atoms with Crippen molar-refractivity contribution in [3.05, 3.63) is 68.4 Å². The number of rotatable bonds is 3. The van der Waals surface area contributed by atoms with Crippen LogP contribution < -0.4 is 4.57 Å². The number of nitrogens with zero attached hydrogens (tertiary/aromatic N) is 2. The third kappa shape index (κ3) is 2.78. The van der Waals surface area contributed by atoms with Gasteiger partial charge in [-0.05, 0) is 12.1 Å². The second-order valence-corrected chi connectivity index (χ2v) is 4.51. The molecular weight excluding hydrogens is 275 g/mol. The molecular formula is C12H9Cl2N2O2+.